The monoisotopic (exact) mass is 360 g/mol. The van der Waals surface area contributed by atoms with Gasteiger partial charge in [-0.25, -0.2) is 14.8 Å². The summed E-state index contributed by atoms with van der Waals surface area (Å²) in [6.45, 7) is 4.07. The summed E-state index contributed by atoms with van der Waals surface area (Å²) in [4.78, 5) is 20.3. The fourth-order valence-electron chi connectivity index (χ4n) is 2.25. The van der Waals surface area contributed by atoms with Gasteiger partial charge in [0.1, 0.15) is 30.0 Å². The van der Waals surface area contributed by atoms with Crippen molar-refractivity contribution in [1.29, 1.82) is 0 Å². The minimum Gasteiger partial charge on any atom is -0.497 e. The van der Waals surface area contributed by atoms with Crippen molar-refractivity contribution in [2.24, 2.45) is 0 Å². The van der Waals surface area contributed by atoms with E-state index in [0.717, 1.165) is 11.4 Å². The molecule has 0 saturated heterocycles. The fraction of sp³-hybridized carbons (Fsp3) is 0.389. The molecule has 1 aromatic heterocycles. The number of methoxy groups -OCH3 is 1. The second-order valence-corrected chi connectivity index (χ2v) is 5.77. The van der Waals surface area contributed by atoms with Crippen molar-refractivity contribution in [2.45, 2.75) is 26.5 Å². The van der Waals surface area contributed by atoms with Crippen molar-refractivity contribution in [3.8, 4) is 11.5 Å². The SMILES string of the molecule is COc1cccc(OC[C@H](O)CNC(=O)NCc2nc(C)cc(C)n2)c1. The summed E-state index contributed by atoms with van der Waals surface area (Å²) in [5.41, 5.74) is 1.69. The average Bonchev–Trinajstić information content (AvgIpc) is 2.62. The first-order chi connectivity index (χ1) is 12.5. The van der Waals surface area contributed by atoms with Crippen molar-refractivity contribution >= 4 is 6.03 Å². The Labute approximate surface area is 152 Å². The number of rotatable bonds is 8. The maximum atomic E-state index is 11.8. The summed E-state index contributed by atoms with van der Waals surface area (Å²) in [5.74, 6) is 1.79. The van der Waals surface area contributed by atoms with E-state index in [4.69, 9.17) is 9.47 Å². The Morgan fingerprint density at radius 1 is 1.15 bits per heavy atom. The molecule has 0 spiro atoms. The van der Waals surface area contributed by atoms with E-state index in [2.05, 4.69) is 20.6 Å². The van der Waals surface area contributed by atoms with Gasteiger partial charge >= 0.3 is 6.03 Å². The molecule has 8 nitrogen and oxygen atoms in total. The molecule has 1 aromatic carbocycles. The van der Waals surface area contributed by atoms with Gasteiger partial charge in [0, 0.05) is 24.0 Å². The number of aliphatic hydroxyl groups excluding tert-OH is 1. The average molecular weight is 360 g/mol. The number of hydrogen-bond acceptors (Lipinski definition) is 6. The lowest BCUT2D eigenvalue weighted by atomic mass is 10.3. The van der Waals surface area contributed by atoms with Gasteiger partial charge in [0.15, 0.2) is 0 Å². The topological polar surface area (TPSA) is 106 Å². The Morgan fingerprint density at radius 2 is 1.85 bits per heavy atom. The first-order valence-electron chi connectivity index (χ1n) is 8.24. The van der Waals surface area contributed by atoms with Crippen molar-refractivity contribution < 1.29 is 19.4 Å². The molecule has 2 amide bonds. The molecule has 2 aromatic rings. The lowest BCUT2D eigenvalue weighted by molar-refractivity contribution is 0.107. The number of hydrogen-bond donors (Lipinski definition) is 3. The third-order valence-corrected chi connectivity index (χ3v) is 3.42. The predicted molar refractivity (Wildman–Crippen MR) is 96.2 cm³/mol. The zero-order valence-corrected chi connectivity index (χ0v) is 15.2. The second kappa shape index (κ2) is 9.57. The maximum Gasteiger partial charge on any atom is 0.315 e. The summed E-state index contributed by atoms with van der Waals surface area (Å²) < 4.78 is 10.6. The van der Waals surface area contributed by atoms with E-state index in [9.17, 15) is 9.90 Å². The Morgan fingerprint density at radius 3 is 2.54 bits per heavy atom. The minimum absolute atomic E-state index is 0.0492. The molecule has 1 heterocycles. The highest BCUT2D eigenvalue weighted by molar-refractivity contribution is 5.73. The molecule has 0 fully saturated rings. The van der Waals surface area contributed by atoms with Crippen LogP contribution in [0.1, 0.15) is 17.2 Å². The van der Waals surface area contributed by atoms with Crippen LogP contribution in [0.25, 0.3) is 0 Å². The lowest BCUT2D eigenvalue weighted by Gasteiger charge is -2.14. The van der Waals surface area contributed by atoms with Crippen molar-refractivity contribution in [1.82, 2.24) is 20.6 Å². The summed E-state index contributed by atoms with van der Waals surface area (Å²) >= 11 is 0. The van der Waals surface area contributed by atoms with E-state index in [1.807, 2.05) is 19.9 Å². The van der Waals surface area contributed by atoms with Crippen LogP contribution in [0.15, 0.2) is 30.3 Å². The van der Waals surface area contributed by atoms with Crippen LogP contribution in [0, 0.1) is 13.8 Å². The number of aromatic nitrogens is 2. The highest BCUT2D eigenvalue weighted by atomic mass is 16.5. The van der Waals surface area contributed by atoms with Gasteiger partial charge in [0.05, 0.1) is 13.7 Å². The van der Waals surface area contributed by atoms with Crippen LogP contribution in [0.3, 0.4) is 0 Å². The standard InChI is InChI=1S/C18H24N4O4/c1-12-7-13(2)22-17(21-12)10-20-18(24)19-9-14(23)11-26-16-6-4-5-15(8-16)25-3/h4-8,14,23H,9-11H2,1-3H3,(H2,19,20,24)/t14-/m1/s1. The number of carbonyl (C=O) groups excluding carboxylic acids is 1. The van der Waals surface area contributed by atoms with Crippen LogP contribution >= 0.6 is 0 Å². The molecule has 0 saturated carbocycles. The molecule has 8 heteroatoms. The highest BCUT2D eigenvalue weighted by Gasteiger charge is 2.09. The number of aryl methyl sites for hydroxylation is 2. The van der Waals surface area contributed by atoms with Crippen molar-refractivity contribution in [3.05, 3.63) is 47.5 Å². The number of amides is 2. The van der Waals surface area contributed by atoms with Crippen LogP contribution < -0.4 is 20.1 Å². The normalized spacial score (nSPS) is 11.5. The van der Waals surface area contributed by atoms with Crippen LogP contribution in [0.5, 0.6) is 11.5 Å². The Kier molecular flexibility index (Phi) is 7.16. The van der Waals surface area contributed by atoms with E-state index < -0.39 is 12.1 Å². The molecule has 3 N–H and O–H groups in total. The molecular weight excluding hydrogens is 336 g/mol. The third-order valence-electron chi connectivity index (χ3n) is 3.42. The molecule has 0 unspecified atom stereocenters. The van der Waals surface area contributed by atoms with Gasteiger partial charge in [-0.2, -0.15) is 0 Å². The molecule has 26 heavy (non-hydrogen) atoms. The Bertz CT molecular complexity index is 719. The number of urea groups is 1. The fourth-order valence-corrected chi connectivity index (χ4v) is 2.25. The van der Waals surface area contributed by atoms with E-state index in [0.29, 0.717) is 17.3 Å². The number of nitrogens with zero attached hydrogens (tertiary/aromatic N) is 2. The van der Waals surface area contributed by atoms with Gasteiger partial charge in [-0.05, 0) is 32.0 Å². The first kappa shape index (κ1) is 19.5. The van der Waals surface area contributed by atoms with E-state index in [1.165, 1.54) is 0 Å². The summed E-state index contributed by atoms with van der Waals surface area (Å²) in [6, 6.07) is 8.53. The zero-order valence-electron chi connectivity index (χ0n) is 15.2. The van der Waals surface area contributed by atoms with Crippen LogP contribution in [-0.4, -0.2) is 47.5 Å². The molecule has 0 aliphatic carbocycles. The number of carbonyl (C=O) groups is 1. The number of aliphatic hydroxyl groups is 1. The van der Waals surface area contributed by atoms with Crippen molar-refractivity contribution in [2.75, 3.05) is 20.3 Å². The van der Waals surface area contributed by atoms with Gasteiger partial charge in [0.2, 0.25) is 0 Å². The summed E-state index contributed by atoms with van der Waals surface area (Å²) in [5, 5.41) is 15.2. The summed E-state index contributed by atoms with van der Waals surface area (Å²) in [6.07, 6.45) is -0.843. The van der Waals surface area contributed by atoms with Gasteiger partial charge in [-0.1, -0.05) is 6.07 Å². The smallest absolute Gasteiger partial charge is 0.315 e. The van der Waals surface area contributed by atoms with E-state index in [1.54, 1.807) is 31.4 Å². The molecule has 0 aliphatic heterocycles. The maximum absolute atomic E-state index is 11.8. The van der Waals surface area contributed by atoms with Gasteiger partial charge in [-0.15, -0.1) is 0 Å². The lowest BCUT2D eigenvalue weighted by Crippen LogP contribution is -2.41. The minimum atomic E-state index is -0.843. The quantitative estimate of drug-likeness (QED) is 0.656. The number of nitrogens with one attached hydrogen (secondary N) is 2. The Hall–Kier alpha value is -2.87. The number of benzene rings is 1. The number of ether oxygens (including phenoxy) is 2. The molecule has 0 aliphatic rings. The largest absolute Gasteiger partial charge is 0.497 e. The predicted octanol–water partition coefficient (Wildman–Crippen LogP) is 1.34. The molecular formula is C18H24N4O4. The molecule has 2 rings (SSSR count). The van der Waals surface area contributed by atoms with Crippen LogP contribution in [-0.2, 0) is 6.54 Å². The van der Waals surface area contributed by atoms with Crippen LogP contribution in [0.2, 0.25) is 0 Å². The first-order valence-corrected chi connectivity index (χ1v) is 8.24. The van der Waals surface area contributed by atoms with Crippen molar-refractivity contribution in [3.63, 3.8) is 0 Å². The third kappa shape index (κ3) is 6.56. The van der Waals surface area contributed by atoms with Gasteiger partial charge < -0.3 is 25.2 Å². The zero-order chi connectivity index (χ0) is 18.9. The van der Waals surface area contributed by atoms with Gasteiger partial charge in [0.25, 0.3) is 0 Å². The van der Waals surface area contributed by atoms with Crippen LogP contribution in [0.4, 0.5) is 4.79 Å². The molecule has 0 radical (unpaired) electrons. The Balaban J connectivity index is 1.69. The van der Waals surface area contributed by atoms with Gasteiger partial charge in [-0.3, -0.25) is 0 Å². The molecule has 1 atom stereocenters. The second-order valence-electron chi connectivity index (χ2n) is 5.77. The van der Waals surface area contributed by atoms with E-state index >= 15 is 0 Å². The molecule has 140 valence electrons. The van der Waals surface area contributed by atoms with E-state index in [-0.39, 0.29) is 19.7 Å². The molecule has 0 bridgehead atoms. The summed E-state index contributed by atoms with van der Waals surface area (Å²) in [7, 11) is 1.57. The highest BCUT2D eigenvalue weighted by Crippen LogP contribution is 2.18.